The minimum absolute atomic E-state index is 0.637. The Balaban J connectivity index is 2.23. The highest BCUT2D eigenvalue weighted by Crippen LogP contribution is 2.31. The van der Waals surface area contributed by atoms with Crippen LogP contribution in [0, 0.1) is 6.92 Å². The van der Waals surface area contributed by atoms with E-state index in [1.807, 2.05) is 42.6 Å². The third-order valence-corrected chi connectivity index (χ3v) is 4.27. The van der Waals surface area contributed by atoms with Crippen LogP contribution >= 0.6 is 27.3 Å². The van der Waals surface area contributed by atoms with Gasteiger partial charge in [-0.3, -0.25) is 0 Å². The van der Waals surface area contributed by atoms with Crippen LogP contribution < -0.4 is 0 Å². The average molecular weight is 311 g/mol. The number of benzene rings is 1. The van der Waals surface area contributed by atoms with E-state index >= 15 is 0 Å². The van der Waals surface area contributed by atoms with Gasteiger partial charge in [-0.05, 0) is 48.6 Å². The van der Waals surface area contributed by atoms with Crippen LogP contribution in [0.5, 0.6) is 0 Å². The van der Waals surface area contributed by atoms with Gasteiger partial charge in [-0.2, -0.15) is 0 Å². The summed E-state index contributed by atoms with van der Waals surface area (Å²) in [6.07, 6.45) is 0.637. The van der Waals surface area contributed by atoms with Crippen molar-refractivity contribution in [3.8, 4) is 0 Å². The summed E-state index contributed by atoms with van der Waals surface area (Å²) in [5, 5.41) is 12.6. The van der Waals surface area contributed by atoms with Crippen LogP contribution in [0.15, 0.2) is 40.2 Å². The summed E-state index contributed by atoms with van der Waals surface area (Å²) < 4.78 is 1.06. The lowest BCUT2D eigenvalue weighted by Crippen LogP contribution is -2.24. The van der Waals surface area contributed by atoms with Crippen LogP contribution in [-0.4, -0.2) is 5.11 Å². The van der Waals surface area contributed by atoms with E-state index in [4.69, 9.17) is 0 Å². The van der Waals surface area contributed by atoms with Crippen molar-refractivity contribution >= 4 is 27.3 Å². The van der Waals surface area contributed by atoms with Gasteiger partial charge in [-0.1, -0.05) is 28.1 Å². The number of rotatable bonds is 3. The zero-order valence-electron chi connectivity index (χ0n) is 9.90. The third kappa shape index (κ3) is 2.97. The second-order valence-corrected chi connectivity index (χ2v) is 6.50. The van der Waals surface area contributed by atoms with Crippen LogP contribution in [-0.2, 0) is 12.0 Å². The molecule has 17 heavy (non-hydrogen) atoms. The van der Waals surface area contributed by atoms with Crippen molar-refractivity contribution in [1.82, 2.24) is 0 Å². The summed E-state index contributed by atoms with van der Waals surface area (Å²) in [5.74, 6) is 0. The molecule has 1 atom stereocenters. The molecule has 0 bridgehead atoms. The highest BCUT2D eigenvalue weighted by molar-refractivity contribution is 9.10. The molecular weight excluding hydrogens is 296 g/mol. The summed E-state index contributed by atoms with van der Waals surface area (Å²) in [6, 6.07) is 10.1. The molecule has 1 heterocycles. The molecular formula is C14H15BrOS. The SMILES string of the molecule is Cc1sccc1C(C)(O)Cc1ccc(Br)cc1. The van der Waals surface area contributed by atoms with Gasteiger partial charge in [-0.15, -0.1) is 11.3 Å². The smallest absolute Gasteiger partial charge is 0.0919 e. The van der Waals surface area contributed by atoms with E-state index in [-0.39, 0.29) is 0 Å². The number of hydrogen-bond donors (Lipinski definition) is 1. The molecule has 2 aromatic rings. The van der Waals surface area contributed by atoms with Crippen molar-refractivity contribution in [2.45, 2.75) is 25.9 Å². The van der Waals surface area contributed by atoms with Crippen molar-refractivity contribution in [3.05, 3.63) is 56.2 Å². The van der Waals surface area contributed by atoms with E-state index in [0.29, 0.717) is 6.42 Å². The van der Waals surface area contributed by atoms with Crippen LogP contribution in [0.25, 0.3) is 0 Å². The van der Waals surface area contributed by atoms with Gasteiger partial charge in [0.05, 0.1) is 5.60 Å². The molecule has 0 radical (unpaired) electrons. The fourth-order valence-corrected chi connectivity index (χ4v) is 3.13. The molecule has 2 rings (SSSR count). The minimum atomic E-state index is -0.794. The van der Waals surface area contributed by atoms with Crippen LogP contribution in [0.2, 0.25) is 0 Å². The fourth-order valence-electron chi connectivity index (χ4n) is 2.04. The highest BCUT2D eigenvalue weighted by atomic mass is 79.9. The van der Waals surface area contributed by atoms with E-state index < -0.39 is 5.60 Å². The number of hydrogen-bond acceptors (Lipinski definition) is 2. The van der Waals surface area contributed by atoms with Crippen LogP contribution in [0.1, 0.15) is 22.9 Å². The molecule has 1 nitrogen and oxygen atoms in total. The average Bonchev–Trinajstić information content (AvgIpc) is 2.68. The monoisotopic (exact) mass is 310 g/mol. The Morgan fingerprint density at radius 1 is 1.24 bits per heavy atom. The first kappa shape index (κ1) is 12.8. The van der Waals surface area contributed by atoms with Gasteiger partial charge in [0.15, 0.2) is 0 Å². The Bertz CT molecular complexity index is 499. The van der Waals surface area contributed by atoms with E-state index in [1.54, 1.807) is 11.3 Å². The Morgan fingerprint density at radius 2 is 1.88 bits per heavy atom. The first-order chi connectivity index (χ1) is 7.99. The number of halogens is 1. The van der Waals surface area contributed by atoms with E-state index in [0.717, 1.165) is 15.6 Å². The highest BCUT2D eigenvalue weighted by Gasteiger charge is 2.25. The largest absolute Gasteiger partial charge is 0.385 e. The van der Waals surface area contributed by atoms with Crippen LogP contribution in [0.4, 0.5) is 0 Å². The van der Waals surface area contributed by atoms with Gasteiger partial charge in [0, 0.05) is 15.8 Å². The zero-order chi connectivity index (χ0) is 12.5. The maximum absolute atomic E-state index is 10.6. The fraction of sp³-hybridized carbons (Fsp3) is 0.286. The number of thiophene rings is 1. The predicted octanol–water partition coefficient (Wildman–Crippen LogP) is 4.27. The van der Waals surface area contributed by atoms with Gasteiger partial charge >= 0.3 is 0 Å². The van der Waals surface area contributed by atoms with Crippen molar-refractivity contribution < 1.29 is 5.11 Å². The molecule has 0 aliphatic heterocycles. The standard InChI is InChI=1S/C14H15BrOS/c1-10-13(7-8-17-10)14(2,16)9-11-3-5-12(15)6-4-11/h3-8,16H,9H2,1-2H3. The van der Waals surface area contributed by atoms with Gasteiger partial charge in [-0.25, -0.2) is 0 Å². The van der Waals surface area contributed by atoms with Crippen molar-refractivity contribution in [1.29, 1.82) is 0 Å². The summed E-state index contributed by atoms with van der Waals surface area (Å²) in [4.78, 5) is 1.19. The molecule has 3 heteroatoms. The van der Waals surface area contributed by atoms with E-state index in [9.17, 15) is 5.11 Å². The molecule has 0 spiro atoms. The molecule has 0 aliphatic carbocycles. The lowest BCUT2D eigenvalue weighted by atomic mass is 9.89. The quantitative estimate of drug-likeness (QED) is 0.897. The van der Waals surface area contributed by atoms with Gasteiger partial charge < -0.3 is 5.11 Å². The zero-order valence-corrected chi connectivity index (χ0v) is 12.3. The maximum atomic E-state index is 10.6. The van der Waals surface area contributed by atoms with Gasteiger partial charge in [0.1, 0.15) is 0 Å². The number of aryl methyl sites for hydroxylation is 1. The predicted molar refractivity (Wildman–Crippen MR) is 76.5 cm³/mol. The molecule has 1 unspecified atom stereocenters. The minimum Gasteiger partial charge on any atom is -0.385 e. The molecule has 0 aliphatic rings. The van der Waals surface area contributed by atoms with Crippen LogP contribution in [0.3, 0.4) is 0 Å². The van der Waals surface area contributed by atoms with E-state index in [1.165, 1.54) is 4.88 Å². The molecule has 0 amide bonds. The molecule has 0 saturated heterocycles. The molecule has 0 fully saturated rings. The van der Waals surface area contributed by atoms with Crippen molar-refractivity contribution in [2.75, 3.05) is 0 Å². The molecule has 1 aromatic heterocycles. The lowest BCUT2D eigenvalue weighted by molar-refractivity contribution is 0.0575. The normalized spacial score (nSPS) is 14.6. The first-order valence-electron chi connectivity index (χ1n) is 5.50. The molecule has 1 N–H and O–H groups in total. The Kier molecular flexibility index (Phi) is 3.71. The summed E-state index contributed by atoms with van der Waals surface area (Å²) >= 11 is 5.09. The first-order valence-corrected chi connectivity index (χ1v) is 7.18. The second-order valence-electron chi connectivity index (χ2n) is 4.47. The second kappa shape index (κ2) is 4.92. The molecule has 1 aromatic carbocycles. The topological polar surface area (TPSA) is 20.2 Å². The Labute approximate surface area is 114 Å². The third-order valence-electron chi connectivity index (χ3n) is 2.90. The Morgan fingerprint density at radius 3 is 2.41 bits per heavy atom. The Hall–Kier alpha value is -0.640. The van der Waals surface area contributed by atoms with Crippen molar-refractivity contribution in [2.24, 2.45) is 0 Å². The van der Waals surface area contributed by atoms with Gasteiger partial charge in [0.25, 0.3) is 0 Å². The maximum Gasteiger partial charge on any atom is 0.0919 e. The summed E-state index contributed by atoms with van der Waals surface area (Å²) in [6.45, 7) is 3.93. The van der Waals surface area contributed by atoms with E-state index in [2.05, 4.69) is 22.9 Å². The van der Waals surface area contributed by atoms with Crippen molar-refractivity contribution in [3.63, 3.8) is 0 Å². The lowest BCUT2D eigenvalue weighted by Gasteiger charge is -2.23. The summed E-state index contributed by atoms with van der Waals surface area (Å²) in [5.41, 5.74) is 1.38. The van der Waals surface area contributed by atoms with Gasteiger partial charge in [0.2, 0.25) is 0 Å². The molecule has 90 valence electrons. The summed E-state index contributed by atoms with van der Waals surface area (Å²) in [7, 11) is 0. The number of aliphatic hydroxyl groups is 1. The molecule has 0 saturated carbocycles.